The number of aliphatic hydroxyl groups is 1. The fourth-order valence-corrected chi connectivity index (χ4v) is 5.07. The third kappa shape index (κ3) is 7.56. The van der Waals surface area contributed by atoms with E-state index in [-0.39, 0.29) is 11.3 Å². The van der Waals surface area contributed by atoms with Gasteiger partial charge in [0.25, 0.3) is 11.7 Å². The van der Waals surface area contributed by atoms with Gasteiger partial charge in [-0.3, -0.25) is 9.59 Å². The second-order valence-electron chi connectivity index (χ2n) is 11.0. The van der Waals surface area contributed by atoms with Crippen LogP contribution in [0.2, 0.25) is 0 Å². The number of Topliss-reactive ketones (excluding diaryl/α,β-unsaturated/α-hetero) is 1. The van der Waals surface area contributed by atoms with E-state index in [0.717, 1.165) is 30.4 Å². The standard InChI is InChI=1S/C35H42N2O6/c1-6-7-10-21-42-29-18-15-26(22-30(29)41-5)32-31(34(39)35(40)37(32)20-19-36(3)4)33(38)25-13-16-28(17-14-25)43-23-27-12-9-8-11-24(27)2/h8-9,11-18,22,32,38H,6-7,10,19-21,23H2,1-5H3/b33-31+. The Hall–Kier alpha value is -4.30. The van der Waals surface area contributed by atoms with Crippen molar-refractivity contribution in [3.05, 3.63) is 94.6 Å². The zero-order chi connectivity index (χ0) is 30.9. The van der Waals surface area contributed by atoms with Crippen LogP contribution in [0.3, 0.4) is 0 Å². The predicted octanol–water partition coefficient (Wildman–Crippen LogP) is 6.13. The van der Waals surface area contributed by atoms with Gasteiger partial charge in [-0.15, -0.1) is 0 Å². The number of aryl methyl sites for hydroxylation is 1. The molecule has 1 aliphatic rings. The van der Waals surface area contributed by atoms with Crippen LogP contribution in [0.1, 0.15) is 54.5 Å². The summed E-state index contributed by atoms with van der Waals surface area (Å²) in [6.07, 6.45) is 3.09. The molecule has 0 saturated carbocycles. The van der Waals surface area contributed by atoms with Crippen molar-refractivity contribution in [1.82, 2.24) is 9.80 Å². The molecule has 4 rings (SSSR count). The van der Waals surface area contributed by atoms with Crippen LogP contribution >= 0.6 is 0 Å². The van der Waals surface area contributed by atoms with E-state index in [2.05, 4.69) is 6.92 Å². The van der Waals surface area contributed by atoms with Crippen LogP contribution in [0, 0.1) is 6.92 Å². The zero-order valence-corrected chi connectivity index (χ0v) is 25.8. The number of benzene rings is 3. The minimum absolute atomic E-state index is 0.0380. The minimum atomic E-state index is -0.792. The molecule has 1 fully saturated rings. The van der Waals surface area contributed by atoms with Crippen molar-refractivity contribution in [1.29, 1.82) is 0 Å². The number of hydrogen-bond acceptors (Lipinski definition) is 7. The van der Waals surface area contributed by atoms with Crippen molar-refractivity contribution >= 4 is 17.4 Å². The van der Waals surface area contributed by atoms with Crippen LogP contribution in [0.5, 0.6) is 17.2 Å². The number of unbranched alkanes of at least 4 members (excludes halogenated alkanes) is 2. The average Bonchev–Trinajstić information content (AvgIpc) is 3.26. The zero-order valence-electron chi connectivity index (χ0n) is 25.8. The summed E-state index contributed by atoms with van der Waals surface area (Å²) >= 11 is 0. The lowest BCUT2D eigenvalue weighted by molar-refractivity contribution is -0.140. The van der Waals surface area contributed by atoms with Crippen LogP contribution in [-0.2, 0) is 16.2 Å². The number of carbonyl (C=O) groups is 2. The number of ketones is 1. The Morgan fingerprint density at radius 3 is 2.37 bits per heavy atom. The van der Waals surface area contributed by atoms with Crippen LogP contribution in [0.4, 0.5) is 0 Å². The molecule has 0 spiro atoms. The number of ether oxygens (including phenoxy) is 3. The van der Waals surface area contributed by atoms with Gasteiger partial charge in [0.1, 0.15) is 18.1 Å². The van der Waals surface area contributed by atoms with Crippen molar-refractivity contribution in [3.8, 4) is 17.2 Å². The number of amides is 1. The summed E-state index contributed by atoms with van der Waals surface area (Å²) in [5.74, 6) is 0.115. The monoisotopic (exact) mass is 586 g/mol. The van der Waals surface area contributed by atoms with E-state index >= 15 is 0 Å². The largest absolute Gasteiger partial charge is 0.507 e. The number of nitrogens with zero attached hydrogens (tertiary/aromatic N) is 2. The van der Waals surface area contributed by atoms with Crippen molar-refractivity contribution in [2.75, 3.05) is 40.9 Å². The lowest BCUT2D eigenvalue weighted by atomic mass is 9.95. The molecule has 0 aliphatic carbocycles. The van der Waals surface area contributed by atoms with Crippen LogP contribution in [0.25, 0.3) is 5.76 Å². The highest BCUT2D eigenvalue weighted by molar-refractivity contribution is 6.46. The first-order valence-corrected chi connectivity index (χ1v) is 14.8. The third-order valence-electron chi connectivity index (χ3n) is 7.62. The normalized spacial score (nSPS) is 16.1. The van der Waals surface area contributed by atoms with Gasteiger partial charge in [0.2, 0.25) is 0 Å². The molecule has 1 amide bonds. The van der Waals surface area contributed by atoms with E-state index in [1.54, 1.807) is 43.5 Å². The number of likely N-dealkylation sites (tertiary alicyclic amines) is 1. The first-order chi connectivity index (χ1) is 20.7. The summed E-state index contributed by atoms with van der Waals surface area (Å²) in [4.78, 5) is 30.2. The summed E-state index contributed by atoms with van der Waals surface area (Å²) in [7, 11) is 5.37. The summed E-state index contributed by atoms with van der Waals surface area (Å²) in [5, 5.41) is 11.5. The molecular formula is C35H42N2O6. The minimum Gasteiger partial charge on any atom is -0.507 e. The predicted molar refractivity (Wildman–Crippen MR) is 168 cm³/mol. The van der Waals surface area contributed by atoms with Crippen LogP contribution in [0.15, 0.2) is 72.3 Å². The van der Waals surface area contributed by atoms with E-state index in [4.69, 9.17) is 14.2 Å². The Kier molecular flexibility index (Phi) is 10.8. The summed E-state index contributed by atoms with van der Waals surface area (Å²) < 4.78 is 17.5. The van der Waals surface area contributed by atoms with Gasteiger partial charge in [0.15, 0.2) is 11.5 Å². The second-order valence-corrected chi connectivity index (χ2v) is 11.0. The van der Waals surface area contributed by atoms with Gasteiger partial charge in [-0.1, -0.05) is 50.1 Å². The molecular weight excluding hydrogens is 544 g/mol. The van der Waals surface area contributed by atoms with Crippen LogP contribution in [-0.4, -0.2) is 67.5 Å². The van der Waals surface area contributed by atoms with E-state index < -0.39 is 17.7 Å². The number of rotatable bonds is 14. The van der Waals surface area contributed by atoms with Gasteiger partial charge in [-0.05, 0) is 80.5 Å². The number of aliphatic hydroxyl groups excluding tert-OH is 1. The first-order valence-electron chi connectivity index (χ1n) is 14.8. The molecule has 228 valence electrons. The SMILES string of the molecule is CCCCCOc1ccc(C2/C(=C(\O)c3ccc(OCc4ccccc4C)cc3)C(=O)C(=O)N2CCN(C)C)cc1OC. The Balaban J connectivity index is 1.66. The Bertz CT molecular complexity index is 1450. The fraction of sp³-hybridized carbons (Fsp3) is 0.371. The molecule has 0 radical (unpaired) electrons. The number of likely N-dealkylation sites (N-methyl/N-ethyl adjacent to an activating group) is 1. The molecule has 8 nitrogen and oxygen atoms in total. The lowest BCUT2D eigenvalue weighted by Gasteiger charge is -2.27. The quantitative estimate of drug-likeness (QED) is 0.105. The molecule has 3 aromatic carbocycles. The van der Waals surface area contributed by atoms with E-state index in [1.165, 1.54) is 4.90 Å². The summed E-state index contributed by atoms with van der Waals surface area (Å²) in [5.41, 5.74) is 3.33. The number of hydrogen-bond donors (Lipinski definition) is 1. The van der Waals surface area contributed by atoms with E-state index in [1.807, 2.05) is 56.3 Å². The highest BCUT2D eigenvalue weighted by Gasteiger charge is 2.46. The maximum Gasteiger partial charge on any atom is 0.295 e. The van der Waals surface area contributed by atoms with Gasteiger partial charge in [-0.25, -0.2) is 0 Å². The molecule has 1 saturated heterocycles. The van der Waals surface area contributed by atoms with Gasteiger partial charge >= 0.3 is 0 Å². The lowest BCUT2D eigenvalue weighted by Crippen LogP contribution is -2.35. The Morgan fingerprint density at radius 2 is 1.70 bits per heavy atom. The van der Waals surface area contributed by atoms with Gasteiger partial charge in [0.05, 0.1) is 25.3 Å². The average molecular weight is 587 g/mol. The van der Waals surface area contributed by atoms with E-state index in [0.29, 0.717) is 54.7 Å². The molecule has 0 bridgehead atoms. The highest BCUT2D eigenvalue weighted by atomic mass is 16.5. The molecule has 1 aliphatic heterocycles. The van der Waals surface area contributed by atoms with Gasteiger partial charge < -0.3 is 29.1 Å². The van der Waals surface area contributed by atoms with Crippen molar-refractivity contribution in [3.63, 3.8) is 0 Å². The maximum absolute atomic E-state index is 13.4. The van der Waals surface area contributed by atoms with Crippen LogP contribution < -0.4 is 14.2 Å². The molecule has 1 unspecified atom stereocenters. The summed E-state index contributed by atoms with van der Waals surface area (Å²) in [6, 6.07) is 19.5. The van der Waals surface area contributed by atoms with Gasteiger partial charge in [0, 0.05) is 18.7 Å². The third-order valence-corrected chi connectivity index (χ3v) is 7.62. The van der Waals surface area contributed by atoms with Crippen molar-refractivity contribution in [2.24, 2.45) is 0 Å². The smallest absolute Gasteiger partial charge is 0.295 e. The molecule has 0 aromatic heterocycles. The van der Waals surface area contributed by atoms with E-state index in [9.17, 15) is 14.7 Å². The molecule has 3 aromatic rings. The maximum atomic E-state index is 13.4. The fourth-order valence-electron chi connectivity index (χ4n) is 5.07. The molecule has 43 heavy (non-hydrogen) atoms. The molecule has 1 atom stereocenters. The first kappa shape index (κ1) is 31.6. The highest BCUT2D eigenvalue weighted by Crippen LogP contribution is 2.42. The van der Waals surface area contributed by atoms with Gasteiger partial charge in [-0.2, -0.15) is 0 Å². The molecule has 1 N–H and O–H groups in total. The Morgan fingerprint density at radius 1 is 0.953 bits per heavy atom. The summed E-state index contributed by atoms with van der Waals surface area (Å²) in [6.45, 7) is 6.00. The molecule has 8 heteroatoms. The number of carbonyl (C=O) groups excluding carboxylic acids is 2. The molecule has 1 heterocycles. The topological polar surface area (TPSA) is 88.5 Å². The Labute approximate surface area is 254 Å². The second kappa shape index (κ2) is 14.7. The number of methoxy groups -OCH3 is 1. The van der Waals surface area contributed by atoms with Crippen molar-refractivity contribution in [2.45, 2.75) is 45.8 Å². The van der Waals surface area contributed by atoms with Crippen molar-refractivity contribution < 1.29 is 28.9 Å².